The van der Waals surface area contributed by atoms with Gasteiger partial charge in [0.2, 0.25) is 5.91 Å². The molecule has 8 heteroatoms. The van der Waals surface area contributed by atoms with Crippen LogP contribution in [0, 0.1) is 0 Å². The van der Waals surface area contributed by atoms with Gasteiger partial charge in [0.1, 0.15) is 11.5 Å². The average Bonchev–Trinajstić information content (AvgIpc) is 3.11. The second-order valence-corrected chi connectivity index (χ2v) is 5.10. The van der Waals surface area contributed by atoms with E-state index in [1.54, 1.807) is 24.3 Å². The van der Waals surface area contributed by atoms with E-state index in [-0.39, 0.29) is 5.91 Å². The predicted molar refractivity (Wildman–Crippen MR) is 94.6 cm³/mol. The summed E-state index contributed by atoms with van der Waals surface area (Å²) < 4.78 is 15.0. The van der Waals surface area contributed by atoms with E-state index in [9.17, 15) is 14.4 Å². The topological polar surface area (TPSA) is 107 Å². The zero-order chi connectivity index (χ0) is 18.9. The minimum atomic E-state index is -0.685. The minimum Gasteiger partial charge on any atom is -0.495 e. The van der Waals surface area contributed by atoms with Gasteiger partial charge in [-0.1, -0.05) is 0 Å². The first-order chi connectivity index (χ1) is 12.5. The van der Waals surface area contributed by atoms with Gasteiger partial charge in [0, 0.05) is 18.7 Å². The first-order valence-corrected chi connectivity index (χ1v) is 7.61. The van der Waals surface area contributed by atoms with Crippen molar-refractivity contribution in [3.63, 3.8) is 0 Å². The second-order valence-electron chi connectivity index (χ2n) is 5.10. The Morgan fingerprint density at radius 3 is 2.65 bits per heavy atom. The molecule has 0 radical (unpaired) electrons. The molecule has 1 heterocycles. The third-order valence-corrected chi connectivity index (χ3v) is 3.07. The number of hydrogen-bond donors (Lipinski definition) is 2. The van der Waals surface area contributed by atoms with Gasteiger partial charge in [-0.2, -0.15) is 0 Å². The van der Waals surface area contributed by atoms with Gasteiger partial charge in [0.05, 0.1) is 19.1 Å². The van der Waals surface area contributed by atoms with Crippen LogP contribution in [0.4, 0.5) is 11.4 Å². The van der Waals surface area contributed by atoms with Gasteiger partial charge in [-0.15, -0.1) is 0 Å². The molecular weight excluding hydrogens is 340 g/mol. The maximum atomic E-state index is 12.0. The highest BCUT2D eigenvalue weighted by atomic mass is 16.5. The van der Waals surface area contributed by atoms with Crippen LogP contribution in [0.5, 0.6) is 5.75 Å². The van der Waals surface area contributed by atoms with E-state index in [0.29, 0.717) is 22.9 Å². The second kappa shape index (κ2) is 9.07. The molecule has 2 rings (SSSR count). The number of esters is 1. The van der Waals surface area contributed by atoms with Gasteiger partial charge in [0.25, 0.3) is 5.91 Å². The van der Waals surface area contributed by atoms with Crippen LogP contribution in [0.15, 0.2) is 47.1 Å². The molecule has 26 heavy (non-hydrogen) atoms. The number of rotatable bonds is 7. The monoisotopic (exact) mass is 358 g/mol. The zero-order valence-electron chi connectivity index (χ0n) is 14.3. The quantitative estimate of drug-likeness (QED) is 0.581. The maximum Gasteiger partial charge on any atom is 0.331 e. The van der Waals surface area contributed by atoms with Crippen molar-refractivity contribution in [2.45, 2.75) is 6.92 Å². The molecule has 0 saturated carbocycles. The van der Waals surface area contributed by atoms with Crippen molar-refractivity contribution in [1.29, 1.82) is 0 Å². The van der Waals surface area contributed by atoms with Crippen molar-refractivity contribution >= 4 is 35.2 Å². The van der Waals surface area contributed by atoms with Crippen molar-refractivity contribution in [3.8, 4) is 5.75 Å². The minimum absolute atomic E-state index is 0.246. The highest BCUT2D eigenvalue weighted by Gasteiger charge is 2.11. The van der Waals surface area contributed by atoms with Crippen molar-refractivity contribution in [2.24, 2.45) is 0 Å². The third kappa shape index (κ3) is 5.82. The summed E-state index contributed by atoms with van der Waals surface area (Å²) in [5, 5.41) is 5.17. The van der Waals surface area contributed by atoms with Crippen LogP contribution in [0.25, 0.3) is 6.08 Å². The number of methoxy groups -OCH3 is 1. The molecule has 0 bridgehead atoms. The molecule has 0 aliphatic heterocycles. The molecule has 136 valence electrons. The van der Waals surface area contributed by atoms with Crippen LogP contribution < -0.4 is 15.4 Å². The number of carbonyl (C=O) groups excluding carboxylic acids is 3. The lowest BCUT2D eigenvalue weighted by Crippen LogP contribution is -2.20. The number of hydrogen-bond acceptors (Lipinski definition) is 6. The highest BCUT2D eigenvalue weighted by Crippen LogP contribution is 2.27. The summed E-state index contributed by atoms with van der Waals surface area (Å²) in [7, 11) is 1.45. The predicted octanol–water partition coefficient (Wildman–Crippen LogP) is 2.44. The molecule has 8 nitrogen and oxygen atoms in total. The highest BCUT2D eigenvalue weighted by molar-refractivity contribution is 5.97. The molecule has 0 fully saturated rings. The van der Waals surface area contributed by atoms with E-state index in [1.807, 2.05) is 0 Å². The van der Waals surface area contributed by atoms with Crippen LogP contribution in [-0.4, -0.2) is 31.5 Å². The number of ether oxygens (including phenoxy) is 2. The van der Waals surface area contributed by atoms with Crippen molar-refractivity contribution in [3.05, 3.63) is 48.4 Å². The summed E-state index contributed by atoms with van der Waals surface area (Å²) in [4.78, 5) is 34.7. The van der Waals surface area contributed by atoms with E-state index < -0.39 is 18.5 Å². The summed E-state index contributed by atoms with van der Waals surface area (Å²) in [5.41, 5.74) is 0.831. The van der Waals surface area contributed by atoms with Gasteiger partial charge in [-0.25, -0.2) is 4.79 Å². The normalized spacial score (nSPS) is 10.4. The molecule has 1 aromatic heterocycles. The van der Waals surface area contributed by atoms with Gasteiger partial charge in [0.15, 0.2) is 6.61 Å². The van der Waals surface area contributed by atoms with E-state index in [2.05, 4.69) is 10.6 Å². The molecule has 2 aromatic rings. The fourth-order valence-corrected chi connectivity index (χ4v) is 1.99. The van der Waals surface area contributed by atoms with Crippen LogP contribution >= 0.6 is 0 Å². The smallest absolute Gasteiger partial charge is 0.331 e. The Hall–Kier alpha value is -3.55. The Balaban J connectivity index is 1.92. The summed E-state index contributed by atoms with van der Waals surface area (Å²) in [6, 6.07) is 8.12. The van der Waals surface area contributed by atoms with Gasteiger partial charge >= 0.3 is 5.97 Å². The van der Waals surface area contributed by atoms with Gasteiger partial charge in [-0.05, 0) is 36.4 Å². The molecule has 0 saturated heterocycles. The molecule has 2 amide bonds. The Kier molecular flexibility index (Phi) is 6.55. The molecular formula is C18H18N2O6. The first kappa shape index (κ1) is 18.8. The third-order valence-electron chi connectivity index (χ3n) is 3.07. The van der Waals surface area contributed by atoms with Crippen LogP contribution in [0.3, 0.4) is 0 Å². The standard InChI is InChI=1S/C18H18N2O6/c1-12(21)19-13-5-7-16(24-2)15(10-13)20-17(22)11-26-18(23)8-6-14-4-3-9-25-14/h3-10H,11H2,1-2H3,(H,19,21)(H,20,22)/b8-6+. The summed E-state index contributed by atoms with van der Waals surface area (Å²) in [6.07, 6.45) is 4.06. The Morgan fingerprint density at radius 2 is 2.00 bits per heavy atom. The Labute approximate surface area is 149 Å². The first-order valence-electron chi connectivity index (χ1n) is 7.61. The van der Waals surface area contributed by atoms with Crippen LogP contribution in [-0.2, 0) is 19.1 Å². The molecule has 0 aliphatic rings. The van der Waals surface area contributed by atoms with Crippen molar-refractivity contribution < 1.29 is 28.3 Å². The number of carbonyl (C=O) groups is 3. The number of furan rings is 1. The Morgan fingerprint density at radius 1 is 1.19 bits per heavy atom. The fourth-order valence-electron chi connectivity index (χ4n) is 1.99. The summed E-state index contributed by atoms with van der Waals surface area (Å²) in [5.74, 6) is -0.592. The maximum absolute atomic E-state index is 12.0. The SMILES string of the molecule is COc1ccc(NC(C)=O)cc1NC(=O)COC(=O)/C=C/c1ccco1. The van der Waals surface area contributed by atoms with E-state index in [1.165, 1.54) is 32.4 Å². The molecule has 1 aromatic carbocycles. The lowest BCUT2D eigenvalue weighted by Gasteiger charge is -2.12. The van der Waals surface area contributed by atoms with Crippen LogP contribution in [0.2, 0.25) is 0 Å². The van der Waals surface area contributed by atoms with Gasteiger partial charge < -0.3 is 24.5 Å². The largest absolute Gasteiger partial charge is 0.495 e. The van der Waals surface area contributed by atoms with Gasteiger partial charge in [-0.3, -0.25) is 9.59 Å². The number of benzene rings is 1. The molecule has 2 N–H and O–H groups in total. The van der Waals surface area contributed by atoms with E-state index in [0.717, 1.165) is 6.08 Å². The van der Waals surface area contributed by atoms with Crippen molar-refractivity contribution in [1.82, 2.24) is 0 Å². The van der Waals surface area contributed by atoms with E-state index >= 15 is 0 Å². The van der Waals surface area contributed by atoms with Crippen molar-refractivity contribution in [2.75, 3.05) is 24.4 Å². The van der Waals surface area contributed by atoms with E-state index in [4.69, 9.17) is 13.9 Å². The molecule has 0 atom stereocenters. The van der Waals surface area contributed by atoms with Crippen LogP contribution in [0.1, 0.15) is 12.7 Å². The summed E-state index contributed by atoms with van der Waals surface area (Å²) in [6.45, 7) is 0.896. The molecule has 0 aliphatic carbocycles. The Bertz CT molecular complexity index is 811. The average molecular weight is 358 g/mol. The number of amides is 2. The zero-order valence-corrected chi connectivity index (χ0v) is 14.3. The summed E-state index contributed by atoms with van der Waals surface area (Å²) >= 11 is 0. The number of nitrogens with one attached hydrogen (secondary N) is 2. The lowest BCUT2D eigenvalue weighted by atomic mass is 10.2. The molecule has 0 spiro atoms. The lowest BCUT2D eigenvalue weighted by molar-refractivity contribution is -0.142. The molecule has 0 unspecified atom stereocenters. The fraction of sp³-hybridized carbons (Fsp3) is 0.167. The number of anilines is 2.